The Morgan fingerprint density at radius 1 is 0.833 bits per heavy atom. The SMILES string of the molecule is CC1(C)O[C@@H]([C@@H](OCc2ccccc2)c2ccco2)[C@H](COCc2ccccc2)O1. The first-order valence-electron chi connectivity index (χ1n) is 10.3. The van der Waals surface area contributed by atoms with Crippen molar-refractivity contribution in [2.45, 2.75) is 51.2 Å². The molecule has 1 saturated heterocycles. The van der Waals surface area contributed by atoms with E-state index in [1.54, 1.807) is 6.26 Å². The van der Waals surface area contributed by atoms with Crippen LogP contribution in [0.4, 0.5) is 0 Å². The van der Waals surface area contributed by atoms with E-state index in [-0.39, 0.29) is 12.2 Å². The lowest BCUT2D eigenvalue weighted by atomic mass is 10.1. The highest BCUT2D eigenvalue weighted by Gasteiger charge is 2.47. The lowest BCUT2D eigenvalue weighted by Gasteiger charge is -2.25. The Labute approximate surface area is 177 Å². The second-order valence-electron chi connectivity index (χ2n) is 7.87. The maximum absolute atomic E-state index is 6.29. The molecule has 30 heavy (non-hydrogen) atoms. The van der Waals surface area contributed by atoms with E-state index in [0.717, 1.165) is 11.1 Å². The molecule has 1 aromatic heterocycles. The molecular weight excluding hydrogens is 380 g/mol. The molecule has 2 aromatic carbocycles. The van der Waals surface area contributed by atoms with Crippen molar-refractivity contribution in [3.05, 3.63) is 95.9 Å². The van der Waals surface area contributed by atoms with Crippen LogP contribution in [0, 0.1) is 0 Å². The summed E-state index contributed by atoms with van der Waals surface area (Å²) in [5, 5.41) is 0. The normalized spacial score (nSPS) is 21.5. The Balaban J connectivity index is 1.46. The van der Waals surface area contributed by atoms with Crippen LogP contribution in [0.3, 0.4) is 0 Å². The van der Waals surface area contributed by atoms with E-state index in [2.05, 4.69) is 0 Å². The van der Waals surface area contributed by atoms with E-state index in [1.165, 1.54) is 0 Å². The molecule has 5 nitrogen and oxygen atoms in total. The van der Waals surface area contributed by atoms with Gasteiger partial charge in [0.15, 0.2) is 5.79 Å². The van der Waals surface area contributed by atoms with Crippen LogP contribution >= 0.6 is 0 Å². The molecule has 4 rings (SSSR count). The zero-order chi connectivity index (χ0) is 20.8. The van der Waals surface area contributed by atoms with Gasteiger partial charge in [-0.3, -0.25) is 0 Å². The summed E-state index contributed by atoms with van der Waals surface area (Å²) in [6, 6.07) is 23.9. The topological polar surface area (TPSA) is 50.1 Å². The van der Waals surface area contributed by atoms with E-state index < -0.39 is 11.9 Å². The molecule has 0 saturated carbocycles. The molecule has 3 atom stereocenters. The van der Waals surface area contributed by atoms with Crippen LogP contribution in [0.5, 0.6) is 0 Å². The van der Waals surface area contributed by atoms with Crippen molar-refractivity contribution in [2.24, 2.45) is 0 Å². The van der Waals surface area contributed by atoms with Gasteiger partial charge in [0.25, 0.3) is 0 Å². The Morgan fingerprint density at radius 3 is 2.13 bits per heavy atom. The first-order chi connectivity index (χ1) is 14.6. The molecule has 3 aromatic rings. The summed E-state index contributed by atoms with van der Waals surface area (Å²) < 4.78 is 30.4. The molecule has 0 amide bonds. The number of benzene rings is 2. The van der Waals surface area contributed by atoms with Gasteiger partial charge in [-0.25, -0.2) is 0 Å². The molecule has 0 spiro atoms. The van der Waals surface area contributed by atoms with E-state index >= 15 is 0 Å². The molecule has 0 bridgehead atoms. The van der Waals surface area contributed by atoms with E-state index in [9.17, 15) is 0 Å². The van der Waals surface area contributed by atoms with Crippen molar-refractivity contribution in [1.29, 1.82) is 0 Å². The minimum absolute atomic E-state index is 0.283. The quantitative estimate of drug-likeness (QED) is 0.482. The minimum atomic E-state index is -0.730. The summed E-state index contributed by atoms with van der Waals surface area (Å²) in [6.45, 7) is 5.18. The van der Waals surface area contributed by atoms with Crippen LogP contribution in [0.25, 0.3) is 0 Å². The third kappa shape index (κ3) is 5.37. The van der Waals surface area contributed by atoms with Crippen molar-refractivity contribution in [3.8, 4) is 0 Å². The predicted octanol–water partition coefficient (Wildman–Crippen LogP) is 5.27. The average Bonchev–Trinajstić information content (AvgIpc) is 3.38. The highest BCUT2D eigenvalue weighted by atomic mass is 16.8. The summed E-state index contributed by atoms with van der Waals surface area (Å²) in [7, 11) is 0. The molecule has 158 valence electrons. The molecule has 2 heterocycles. The second kappa shape index (κ2) is 9.58. The summed E-state index contributed by atoms with van der Waals surface area (Å²) >= 11 is 0. The van der Waals surface area contributed by atoms with Gasteiger partial charge in [-0.15, -0.1) is 0 Å². The maximum Gasteiger partial charge on any atom is 0.164 e. The first-order valence-corrected chi connectivity index (χ1v) is 10.3. The molecule has 5 heteroatoms. The lowest BCUT2D eigenvalue weighted by Crippen LogP contribution is -2.34. The molecular formula is C25H28O5. The number of furan rings is 1. The standard InChI is InChI=1S/C25H28O5/c1-25(2)29-22(18-26-16-19-10-5-3-6-11-19)24(30-25)23(21-14-9-15-27-21)28-17-20-12-7-4-8-13-20/h3-15,22-24H,16-18H2,1-2H3/t22-,23-,24+/m0/s1. The molecule has 0 radical (unpaired) electrons. The van der Waals surface area contributed by atoms with Crippen molar-refractivity contribution >= 4 is 0 Å². The molecule has 1 fully saturated rings. The van der Waals surface area contributed by atoms with Crippen LogP contribution < -0.4 is 0 Å². The van der Waals surface area contributed by atoms with Gasteiger partial charge in [0.2, 0.25) is 0 Å². The number of hydrogen-bond acceptors (Lipinski definition) is 5. The average molecular weight is 408 g/mol. The largest absolute Gasteiger partial charge is 0.466 e. The van der Waals surface area contributed by atoms with Gasteiger partial charge in [0, 0.05) is 0 Å². The van der Waals surface area contributed by atoms with Gasteiger partial charge >= 0.3 is 0 Å². The molecule has 0 unspecified atom stereocenters. The first kappa shape index (κ1) is 20.8. The Hall–Kier alpha value is -2.44. The summed E-state index contributed by atoms with van der Waals surface area (Å²) in [4.78, 5) is 0. The molecule has 0 aliphatic carbocycles. The molecule has 1 aliphatic rings. The second-order valence-corrected chi connectivity index (χ2v) is 7.87. The van der Waals surface area contributed by atoms with E-state index in [1.807, 2.05) is 86.6 Å². The highest BCUT2D eigenvalue weighted by molar-refractivity contribution is 5.15. The minimum Gasteiger partial charge on any atom is -0.466 e. The number of rotatable bonds is 9. The van der Waals surface area contributed by atoms with Gasteiger partial charge in [-0.05, 0) is 37.1 Å². The lowest BCUT2D eigenvalue weighted by molar-refractivity contribution is -0.164. The van der Waals surface area contributed by atoms with E-state index in [4.69, 9.17) is 23.4 Å². The highest BCUT2D eigenvalue weighted by Crippen LogP contribution is 2.38. The summed E-state index contributed by atoms with van der Waals surface area (Å²) in [5.74, 6) is -0.0165. The summed E-state index contributed by atoms with van der Waals surface area (Å²) in [6.07, 6.45) is 0.600. The van der Waals surface area contributed by atoms with Gasteiger partial charge in [0.05, 0.1) is 26.1 Å². The Bertz CT molecular complexity index is 876. The molecule has 1 aliphatic heterocycles. The Kier molecular flexibility index (Phi) is 6.65. The predicted molar refractivity (Wildman–Crippen MR) is 113 cm³/mol. The van der Waals surface area contributed by atoms with Crippen LogP contribution in [0.15, 0.2) is 83.5 Å². The van der Waals surface area contributed by atoms with Gasteiger partial charge in [0.1, 0.15) is 24.1 Å². The van der Waals surface area contributed by atoms with Crippen LogP contribution in [0.2, 0.25) is 0 Å². The van der Waals surface area contributed by atoms with Crippen molar-refractivity contribution in [1.82, 2.24) is 0 Å². The van der Waals surface area contributed by atoms with E-state index in [0.29, 0.717) is 25.6 Å². The number of ether oxygens (including phenoxy) is 4. The van der Waals surface area contributed by atoms with Crippen molar-refractivity contribution in [2.75, 3.05) is 6.61 Å². The van der Waals surface area contributed by atoms with Crippen LogP contribution in [-0.2, 0) is 32.2 Å². The maximum atomic E-state index is 6.29. The number of hydrogen-bond donors (Lipinski definition) is 0. The summed E-state index contributed by atoms with van der Waals surface area (Å²) in [5.41, 5.74) is 2.21. The van der Waals surface area contributed by atoms with Gasteiger partial charge < -0.3 is 23.4 Å². The third-order valence-electron chi connectivity index (χ3n) is 5.01. The van der Waals surface area contributed by atoms with Crippen LogP contribution in [0.1, 0.15) is 36.8 Å². The smallest absolute Gasteiger partial charge is 0.164 e. The fourth-order valence-electron chi connectivity index (χ4n) is 3.67. The molecule has 0 N–H and O–H groups in total. The third-order valence-corrected chi connectivity index (χ3v) is 5.01. The fourth-order valence-corrected chi connectivity index (χ4v) is 3.67. The monoisotopic (exact) mass is 408 g/mol. The van der Waals surface area contributed by atoms with Crippen LogP contribution in [-0.4, -0.2) is 24.6 Å². The Morgan fingerprint density at radius 2 is 1.50 bits per heavy atom. The fraction of sp³-hybridized carbons (Fsp3) is 0.360. The zero-order valence-electron chi connectivity index (χ0n) is 17.4. The van der Waals surface area contributed by atoms with Crippen molar-refractivity contribution < 1.29 is 23.4 Å². The zero-order valence-corrected chi connectivity index (χ0v) is 17.4. The van der Waals surface area contributed by atoms with Crippen molar-refractivity contribution in [3.63, 3.8) is 0 Å². The van der Waals surface area contributed by atoms with Gasteiger partial charge in [-0.1, -0.05) is 60.7 Å². The van der Waals surface area contributed by atoms with Gasteiger partial charge in [-0.2, -0.15) is 0 Å².